The molecule has 0 aliphatic carbocycles. The number of fused-ring (bicyclic) bond motifs is 1. The number of aryl methyl sites for hydroxylation is 2. The Morgan fingerprint density at radius 3 is 2.65 bits per heavy atom. The van der Waals surface area contributed by atoms with E-state index in [0.29, 0.717) is 17.2 Å². The van der Waals surface area contributed by atoms with Gasteiger partial charge in [0.2, 0.25) is 6.10 Å². The van der Waals surface area contributed by atoms with Gasteiger partial charge in [-0.15, -0.1) is 0 Å². The monoisotopic (exact) mass is 355 g/mol. The van der Waals surface area contributed by atoms with E-state index in [1.54, 1.807) is 18.2 Å². The van der Waals surface area contributed by atoms with Crippen LogP contribution in [0.25, 0.3) is 0 Å². The third kappa shape index (κ3) is 3.64. The van der Waals surface area contributed by atoms with Crippen molar-refractivity contribution in [2.45, 2.75) is 20.0 Å². The third-order valence-electron chi connectivity index (χ3n) is 4.38. The van der Waals surface area contributed by atoms with Crippen molar-refractivity contribution in [2.24, 2.45) is 0 Å². The zero-order chi connectivity index (χ0) is 18.7. The SMILES string of the molecule is COC(=O)C1CN(C(=O)COc2ccc(C)c(C)c2)c2ccccc2O1. The molecule has 0 radical (unpaired) electrons. The highest BCUT2D eigenvalue weighted by atomic mass is 16.6. The van der Waals surface area contributed by atoms with Crippen molar-refractivity contribution in [3.63, 3.8) is 0 Å². The number of para-hydroxylation sites is 2. The molecule has 0 fully saturated rings. The van der Waals surface area contributed by atoms with Crippen LogP contribution < -0.4 is 14.4 Å². The first-order valence-corrected chi connectivity index (χ1v) is 8.33. The molecule has 0 aromatic heterocycles. The van der Waals surface area contributed by atoms with Crippen LogP contribution in [0.5, 0.6) is 11.5 Å². The van der Waals surface area contributed by atoms with Crippen LogP contribution in [0, 0.1) is 13.8 Å². The summed E-state index contributed by atoms with van der Waals surface area (Å²) in [5.74, 6) is 0.321. The predicted molar refractivity (Wildman–Crippen MR) is 96.6 cm³/mol. The number of carbonyl (C=O) groups is 2. The predicted octanol–water partition coefficient (Wildman–Crippen LogP) is 2.65. The van der Waals surface area contributed by atoms with Gasteiger partial charge in [0.25, 0.3) is 5.91 Å². The lowest BCUT2D eigenvalue weighted by molar-refractivity contribution is -0.148. The minimum Gasteiger partial charge on any atom is -0.484 e. The van der Waals surface area contributed by atoms with Gasteiger partial charge in [0, 0.05) is 0 Å². The first kappa shape index (κ1) is 17.8. The Labute approximate surface area is 152 Å². The van der Waals surface area contributed by atoms with Crippen molar-refractivity contribution < 1.29 is 23.8 Å². The lowest BCUT2D eigenvalue weighted by Gasteiger charge is -2.33. The summed E-state index contributed by atoms with van der Waals surface area (Å²) in [4.78, 5) is 26.1. The molecule has 6 heteroatoms. The number of carbonyl (C=O) groups excluding carboxylic acids is 2. The Morgan fingerprint density at radius 2 is 1.92 bits per heavy atom. The van der Waals surface area contributed by atoms with E-state index in [1.165, 1.54) is 12.0 Å². The molecule has 1 unspecified atom stereocenters. The molecular weight excluding hydrogens is 334 g/mol. The summed E-state index contributed by atoms with van der Waals surface area (Å²) in [5.41, 5.74) is 2.87. The zero-order valence-electron chi connectivity index (χ0n) is 15.0. The van der Waals surface area contributed by atoms with Crippen LogP contribution in [0.1, 0.15) is 11.1 Å². The number of methoxy groups -OCH3 is 1. The van der Waals surface area contributed by atoms with Crippen molar-refractivity contribution in [1.82, 2.24) is 0 Å². The lowest BCUT2D eigenvalue weighted by Crippen LogP contribution is -2.48. The van der Waals surface area contributed by atoms with Crippen LogP contribution in [-0.2, 0) is 14.3 Å². The fourth-order valence-electron chi connectivity index (χ4n) is 2.75. The maximum atomic E-state index is 12.7. The maximum Gasteiger partial charge on any atom is 0.348 e. The van der Waals surface area contributed by atoms with Crippen LogP contribution in [0.15, 0.2) is 42.5 Å². The van der Waals surface area contributed by atoms with Gasteiger partial charge in [0.1, 0.15) is 11.5 Å². The lowest BCUT2D eigenvalue weighted by atomic mass is 10.1. The molecule has 0 N–H and O–H groups in total. The Hall–Kier alpha value is -3.02. The van der Waals surface area contributed by atoms with Gasteiger partial charge in [-0.05, 0) is 49.2 Å². The highest BCUT2D eigenvalue weighted by Gasteiger charge is 2.34. The molecule has 1 aliphatic heterocycles. The second kappa shape index (κ2) is 7.47. The largest absolute Gasteiger partial charge is 0.484 e. The molecule has 0 bridgehead atoms. The van der Waals surface area contributed by atoms with Crippen molar-refractivity contribution in [1.29, 1.82) is 0 Å². The van der Waals surface area contributed by atoms with E-state index in [1.807, 2.05) is 38.1 Å². The molecule has 1 aliphatic rings. The highest BCUT2D eigenvalue weighted by Crippen LogP contribution is 2.33. The molecule has 3 rings (SSSR count). The van der Waals surface area contributed by atoms with Crippen molar-refractivity contribution >= 4 is 17.6 Å². The fourth-order valence-corrected chi connectivity index (χ4v) is 2.75. The number of rotatable bonds is 4. The minimum atomic E-state index is -0.861. The summed E-state index contributed by atoms with van der Waals surface area (Å²) in [6, 6.07) is 12.8. The van der Waals surface area contributed by atoms with Gasteiger partial charge < -0.3 is 19.1 Å². The van der Waals surface area contributed by atoms with Crippen molar-refractivity contribution in [2.75, 3.05) is 25.2 Å². The van der Waals surface area contributed by atoms with Gasteiger partial charge in [0.15, 0.2) is 6.61 Å². The smallest absolute Gasteiger partial charge is 0.348 e. The molecule has 1 heterocycles. The average molecular weight is 355 g/mol. The van der Waals surface area contributed by atoms with Gasteiger partial charge in [-0.25, -0.2) is 4.79 Å². The van der Waals surface area contributed by atoms with Crippen LogP contribution in [0.3, 0.4) is 0 Å². The van der Waals surface area contributed by atoms with Crippen LogP contribution >= 0.6 is 0 Å². The first-order valence-electron chi connectivity index (χ1n) is 8.33. The number of amides is 1. The number of esters is 1. The number of ether oxygens (including phenoxy) is 3. The average Bonchev–Trinajstić information content (AvgIpc) is 2.67. The van der Waals surface area contributed by atoms with E-state index >= 15 is 0 Å². The molecule has 2 aromatic rings. The Bertz CT molecular complexity index is 833. The number of anilines is 1. The number of hydrogen-bond acceptors (Lipinski definition) is 5. The van der Waals surface area contributed by atoms with Crippen molar-refractivity contribution in [3.05, 3.63) is 53.6 Å². The molecule has 0 saturated heterocycles. The van der Waals surface area contributed by atoms with Crippen LogP contribution in [-0.4, -0.2) is 38.2 Å². The second-order valence-corrected chi connectivity index (χ2v) is 6.14. The van der Waals surface area contributed by atoms with E-state index in [0.717, 1.165) is 11.1 Å². The quantitative estimate of drug-likeness (QED) is 0.789. The molecule has 1 atom stereocenters. The molecule has 0 saturated carbocycles. The summed E-state index contributed by atoms with van der Waals surface area (Å²) in [5, 5.41) is 0. The van der Waals surface area contributed by atoms with Gasteiger partial charge in [0.05, 0.1) is 19.3 Å². The standard InChI is InChI=1S/C20H21NO5/c1-13-8-9-15(10-14(13)2)25-12-19(22)21-11-18(20(23)24-3)26-17-7-5-4-6-16(17)21/h4-10,18H,11-12H2,1-3H3. The topological polar surface area (TPSA) is 65.1 Å². The van der Waals surface area contributed by atoms with E-state index in [-0.39, 0.29) is 19.1 Å². The molecule has 6 nitrogen and oxygen atoms in total. The highest BCUT2D eigenvalue weighted by molar-refractivity contribution is 5.97. The third-order valence-corrected chi connectivity index (χ3v) is 4.38. The summed E-state index contributed by atoms with van der Waals surface area (Å²) < 4.78 is 16.0. The molecule has 0 spiro atoms. The van der Waals surface area contributed by atoms with Crippen molar-refractivity contribution in [3.8, 4) is 11.5 Å². The second-order valence-electron chi connectivity index (χ2n) is 6.14. The Balaban J connectivity index is 1.76. The normalized spacial score (nSPS) is 15.7. The minimum absolute atomic E-state index is 0.0821. The number of nitrogens with zero attached hydrogens (tertiary/aromatic N) is 1. The number of benzene rings is 2. The van der Waals surface area contributed by atoms with E-state index in [2.05, 4.69) is 0 Å². The van der Waals surface area contributed by atoms with E-state index in [9.17, 15) is 9.59 Å². The Kier molecular flexibility index (Phi) is 5.11. The van der Waals surface area contributed by atoms with Crippen LogP contribution in [0.2, 0.25) is 0 Å². The molecule has 136 valence electrons. The fraction of sp³-hybridized carbons (Fsp3) is 0.300. The van der Waals surface area contributed by atoms with Gasteiger partial charge in [-0.2, -0.15) is 0 Å². The first-order chi connectivity index (χ1) is 12.5. The van der Waals surface area contributed by atoms with Gasteiger partial charge >= 0.3 is 5.97 Å². The molecule has 26 heavy (non-hydrogen) atoms. The van der Waals surface area contributed by atoms with Gasteiger partial charge in [-0.1, -0.05) is 18.2 Å². The molecule has 2 aromatic carbocycles. The van der Waals surface area contributed by atoms with E-state index < -0.39 is 12.1 Å². The maximum absolute atomic E-state index is 12.7. The zero-order valence-corrected chi connectivity index (χ0v) is 15.0. The number of hydrogen-bond donors (Lipinski definition) is 0. The van der Waals surface area contributed by atoms with Gasteiger partial charge in [-0.3, -0.25) is 4.79 Å². The summed E-state index contributed by atoms with van der Waals surface area (Å²) in [7, 11) is 1.29. The molecule has 1 amide bonds. The van der Waals surface area contributed by atoms with E-state index in [4.69, 9.17) is 14.2 Å². The molecular formula is C20H21NO5. The summed E-state index contributed by atoms with van der Waals surface area (Å²) in [6.45, 7) is 3.95. The summed E-state index contributed by atoms with van der Waals surface area (Å²) in [6.07, 6.45) is -0.861. The van der Waals surface area contributed by atoms with Crippen LogP contribution in [0.4, 0.5) is 5.69 Å². The Morgan fingerprint density at radius 1 is 1.15 bits per heavy atom. The summed E-state index contributed by atoms with van der Waals surface area (Å²) >= 11 is 0.